The van der Waals surface area contributed by atoms with Crippen LogP contribution >= 0.6 is 0 Å². The molecule has 2 aliphatic heterocycles. The molecule has 4 heteroatoms. The molecule has 2 unspecified atom stereocenters. The fraction of sp³-hybridized carbons (Fsp3) is 0.462. The van der Waals surface area contributed by atoms with E-state index in [9.17, 15) is 9.18 Å². The molecule has 3 nitrogen and oxygen atoms in total. The zero-order chi connectivity index (χ0) is 12.0. The molecular weight excluding hydrogens is 221 g/mol. The van der Waals surface area contributed by atoms with Crippen molar-refractivity contribution in [3.8, 4) is 0 Å². The van der Waals surface area contributed by atoms with Crippen LogP contribution in [0, 0.1) is 11.7 Å². The number of halogens is 1. The van der Waals surface area contributed by atoms with E-state index in [1.807, 2.05) is 6.07 Å². The minimum Gasteiger partial charge on any atom is -0.481 e. The third-order valence-corrected chi connectivity index (χ3v) is 3.88. The molecule has 1 fully saturated rings. The standard InChI is InChI=1S/C13H14FNO2/c14-10-2-1-8-5-11-6-9(13(16)17)3-4-15(11)12(8)7-10/h1-2,7,9,11H,3-6H2,(H,16,17). The van der Waals surface area contributed by atoms with E-state index >= 15 is 0 Å². The molecule has 0 saturated carbocycles. The van der Waals surface area contributed by atoms with Gasteiger partial charge >= 0.3 is 5.97 Å². The van der Waals surface area contributed by atoms with Crippen LogP contribution < -0.4 is 4.90 Å². The molecule has 17 heavy (non-hydrogen) atoms. The Morgan fingerprint density at radius 1 is 1.47 bits per heavy atom. The van der Waals surface area contributed by atoms with Crippen LogP contribution in [0.1, 0.15) is 18.4 Å². The average molecular weight is 235 g/mol. The Kier molecular flexibility index (Phi) is 2.31. The van der Waals surface area contributed by atoms with Gasteiger partial charge in [-0.25, -0.2) is 4.39 Å². The monoisotopic (exact) mass is 235 g/mol. The lowest BCUT2D eigenvalue weighted by Crippen LogP contribution is -2.42. The third-order valence-electron chi connectivity index (χ3n) is 3.88. The van der Waals surface area contributed by atoms with Crippen molar-refractivity contribution in [3.05, 3.63) is 29.6 Å². The van der Waals surface area contributed by atoms with Gasteiger partial charge in [-0.1, -0.05) is 6.07 Å². The first-order chi connectivity index (χ1) is 8.15. The van der Waals surface area contributed by atoms with Gasteiger partial charge < -0.3 is 10.0 Å². The molecule has 1 aromatic rings. The molecule has 90 valence electrons. The number of aliphatic carboxylic acids is 1. The quantitative estimate of drug-likeness (QED) is 0.810. The Morgan fingerprint density at radius 2 is 2.29 bits per heavy atom. The fourth-order valence-corrected chi connectivity index (χ4v) is 3.02. The summed E-state index contributed by atoms with van der Waals surface area (Å²) >= 11 is 0. The van der Waals surface area contributed by atoms with Gasteiger partial charge in [0.15, 0.2) is 0 Å². The topological polar surface area (TPSA) is 40.5 Å². The molecular formula is C13H14FNO2. The number of carboxylic acid groups (broad SMARTS) is 1. The summed E-state index contributed by atoms with van der Waals surface area (Å²) in [4.78, 5) is 13.2. The molecule has 0 aromatic heterocycles. The SMILES string of the molecule is O=C(O)C1CCN2c3cc(F)ccc3CC2C1. The second kappa shape index (κ2) is 3.72. The lowest BCUT2D eigenvalue weighted by Gasteiger charge is -2.35. The number of piperidine rings is 1. The second-order valence-electron chi connectivity index (χ2n) is 4.88. The summed E-state index contributed by atoms with van der Waals surface area (Å²) in [5, 5.41) is 9.04. The predicted molar refractivity (Wildman–Crippen MR) is 61.6 cm³/mol. The molecule has 0 amide bonds. The minimum absolute atomic E-state index is 0.218. The number of hydrogen-bond acceptors (Lipinski definition) is 2. The molecule has 1 saturated heterocycles. The van der Waals surface area contributed by atoms with Gasteiger partial charge in [-0.2, -0.15) is 0 Å². The number of benzene rings is 1. The van der Waals surface area contributed by atoms with Crippen LogP contribution in [0.5, 0.6) is 0 Å². The van der Waals surface area contributed by atoms with Crippen LogP contribution in [0.3, 0.4) is 0 Å². The molecule has 2 aliphatic rings. The molecule has 2 heterocycles. The summed E-state index contributed by atoms with van der Waals surface area (Å²) in [5.41, 5.74) is 2.10. The molecule has 0 radical (unpaired) electrons. The molecule has 1 N–H and O–H groups in total. The number of anilines is 1. The van der Waals surface area contributed by atoms with Crippen molar-refractivity contribution in [2.75, 3.05) is 11.4 Å². The number of carbonyl (C=O) groups is 1. The highest BCUT2D eigenvalue weighted by atomic mass is 19.1. The number of hydrogen-bond donors (Lipinski definition) is 1. The summed E-state index contributed by atoms with van der Waals surface area (Å²) in [6.07, 6.45) is 2.17. The fourth-order valence-electron chi connectivity index (χ4n) is 3.02. The lowest BCUT2D eigenvalue weighted by molar-refractivity contribution is -0.142. The van der Waals surface area contributed by atoms with Gasteiger partial charge in [0.1, 0.15) is 5.82 Å². The van der Waals surface area contributed by atoms with E-state index < -0.39 is 5.97 Å². The molecule has 1 aromatic carbocycles. The minimum atomic E-state index is -0.702. The first-order valence-corrected chi connectivity index (χ1v) is 5.93. The van der Waals surface area contributed by atoms with Gasteiger partial charge in [-0.3, -0.25) is 4.79 Å². The van der Waals surface area contributed by atoms with Gasteiger partial charge in [0.2, 0.25) is 0 Å². The van der Waals surface area contributed by atoms with Crippen LogP contribution in [0.15, 0.2) is 18.2 Å². The summed E-state index contributed by atoms with van der Waals surface area (Å²) < 4.78 is 13.2. The van der Waals surface area contributed by atoms with Gasteiger partial charge in [-0.05, 0) is 37.0 Å². The van der Waals surface area contributed by atoms with Crippen molar-refractivity contribution < 1.29 is 14.3 Å². The molecule has 2 atom stereocenters. The highest BCUT2D eigenvalue weighted by Gasteiger charge is 2.37. The lowest BCUT2D eigenvalue weighted by atomic mass is 9.91. The molecule has 0 spiro atoms. The van der Waals surface area contributed by atoms with Crippen LogP contribution in [0.25, 0.3) is 0 Å². The Bertz CT molecular complexity index is 474. The van der Waals surface area contributed by atoms with Gasteiger partial charge in [0.25, 0.3) is 0 Å². The smallest absolute Gasteiger partial charge is 0.306 e. The summed E-state index contributed by atoms with van der Waals surface area (Å²) in [6.45, 7) is 0.720. The van der Waals surface area contributed by atoms with E-state index in [0.29, 0.717) is 12.8 Å². The Morgan fingerprint density at radius 3 is 3.06 bits per heavy atom. The number of carboxylic acids is 1. The van der Waals surface area contributed by atoms with Crippen LogP contribution in [0.4, 0.5) is 10.1 Å². The van der Waals surface area contributed by atoms with E-state index in [1.54, 1.807) is 6.07 Å². The highest BCUT2D eigenvalue weighted by molar-refractivity contribution is 5.71. The molecule has 0 bridgehead atoms. The van der Waals surface area contributed by atoms with Gasteiger partial charge in [-0.15, -0.1) is 0 Å². The van der Waals surface area contributed by atoms with Crippen molar-refractivity contribution in [1.29, 1.82) is 0 Å². The van der Waals surface area contributed by atoms with Crippen LogP contribution in [0.2, 0.25) is 0 Å². The van der Waals surface area contributed by atoms with Crippen molar-refractivity contribution in [2.45, 2.75) is 25.3 Å². The maximum absolute atomic E-state index is 13.2. The van der Waals surface area contributed by atoms with Crippen molar-refractivity contribution in [3.63, 3.8) is 0 Å². The number of fused-ring (bicyclic) bond motifs is 3. The van der Waals surface area contributed by atoms with Gasteiger partial charge in [0.05, 0.1) is 5.92 Å². The predicted octanol–water partition coefficient (Wildman–Crippen LogP) is 2.05. The van der Waals surface area contributed by atoms with E-state index in [-0.39, 0.29) is 17.8 Å². The van der Waals surface area contributed by atoms with E-state index in [2.05, 4.69) is 4.90 Å². The highest BCUT2D eigenvalue weighted by Crippen LogP contribution is 2.38. The van der Waals surface area contributed by atoms with E-state index in [1.165, 1.54) is 6.07 Å². The Labute approximate surface area is 98.9 Å². The maximum Gasteiger partial charge on any atom is 0.306 e. The maximum atomic E-state index is 13.2. The van der Waals surface area contributed by atoms with Crippen molar-refractivity contribution >= 4 is 11.7 Å². The zero-order valence-electron chi connectivity index (χ0n) is 9.40. The molecule has 0 aliphatic carbocycles. The number of nitrogens with zero attached hydrogens (tertiary/aromatic N) is 1. The summed E-state index contributed by atoms with van der Waals surface area (Å²) in [6, 6.07) is 5.10. The van der Waals surface area contributed by atoms with Crippen molar-refractivity contribution in [2.24, 2.45) is 5.92 Å². The Balaban J connectivity index is 1.87. The normalized spacial score (nSPS) is 26.5. The first kappa shape index (κ1) is 10.6. The average Bonchev–Trinajstić information content (AvgIpc) is 2.66. The molecule has 3 rings (SSSR count). The zero-order valence-corrected chi connectivity index (χ0v) is 9.40. The van der Waals surface area contributed by atoms with Crippen LogP contribution in [-0.2, 0) is 11.2 Å². The largest absolute Gasteiger partial charge is 0.481 e. The van der Waals surface area contributed by atoms with E-state index in [0.717, 1.165) is 24.2 Å². The van der Waals surface area contributed by atoms with Crippen LogP contribution in [-0.4, -0.2) is 23.7 Å². The summed E-state index contributed by atoms with van der Waals surface area (Å²) in [7, 11) is 0. The van der Waals surface area contributed by atoms with Gasteiger partial charge in [0, 0.05) is 18.3 Å². The second-order valence-corrected chi connectivity index (χ2v) is 4.88. The first-order valence-electron chi connectivity index (χ1n) is 5.93. The van der Waals surface area contributed by atoms with Crippen molar-refractivity contribution in [1.82, 2.24) is 0 Å². The third kappa shape index (κ3) is 1.68. The summed E-state index contributed by atoms with van der Waals surface area (Å²) in [5.74, 6) is -1.16. The Hall–Kier alpha value is -1.58. The number of rotatable bonds is 1. The van der Waals surface area contributed by atoms with E-state index in [4.69, 9.17) is 5.11 Å².